The highest BCUT2D eigenvalue weighted by atomic mass is 32.2. The van der Waals surface area contributed by atoms with Crippen molar-refractivity contribution >= 4 is 34.1 Å². The number of hydrogen-bond donors (Lipinski definition) is 1. The molecule has 0 aliphatic carbocycles. The van der Waals surface area contributed by atoms with E-state index in [9.17, 15) is 9.18 Å². The van der Waals surface area contributed by atoms with Gasteiger partial charge >= 0.3 is 0 Å². The Kier molecular flexibility index (Phi) is 4.84. The summed E-state index contributed by atoms with van der Waals surface area (Å²) in [5.41, 5.74) is 0.980. The first-order valence-electron chi connectivity index (χ1n) is 8.19. The number of halogens is 1. The highest BCUT2D eigenvalue weighted by molar-refractivity contribution is 7.99. The van der Waals surface area contributed by atoms with Gasteiger partial charge in [-0.25, -0.2) is 4.39 Å². The molecule has 0 unspecified atom stereocenters. The summed E-state index contributed by atoms with van der Waals surface area (Å²) in [6, 6.07) is 19.7. The summed E-state index contributed by atoms with van der Waals surface area (Å²) in [5, 5.41) is 12.8. The summed E-state index contributed by atoms with van der Waals surface area (Å²) >= 11 is 1.10. The largest absolute Gasteiger partial charge is 0.411 e. The zero-order valence-electron chi connectivity index (χ0n) is 14.1. The fraction of sp³-hybridized carbons (Fsp3) is 0.0500. The lowest BCUT2D eigenvalue weighted by molar-refractivity contribution is -0.113. The molecule has 1 aromatic heterocycles. The molecule has 7 heteroatoms. The maximum Gasteiger partial charge on any atom is 0.277 e. The number of nitrogens with zero attached hydrogens (tertiary/aromatic N) is 2. The van der Waals surface area contributed by atoms with Crippen LogP contribution in [0.4, 0.5) is 10.1 Å². The van der Waals surface area contributed by atoms with Crippen LogP contribution in [0.15, 0.2) is 76.4 Å². The van der Waals surface area contributed by atoms with Crippen molar-refractivity contribution in [3.63, 3.8) is 0 Å². The van der Waals surface area contributed by atoms with Gasteiger partial charge in [0.05, 0.1) is 11.3 Å². The molecule has 0 fully saturated rings. The fourth-order valence-corrected chi connectivity index (χ4v) is 3.22. The molecular formula is C20H14FN3O2S. The van der Waals surface area contributed by atoms with E-state index < -0.39 is 5.82 Å². The molecule has 0 atom stereocenters. The highest BCUT2D eigenvalue weighted by Crippen LogP contribution is 2.26. The van der Waals surface area contributed by atoms with Crippen molar-refractivity contribution in [1.29, 1.82) is 0 Å². The number of aromatic nitrogens is 2. The molecule has 134 valence electrons. The van der Waals surface area contributed by atoms with E-state index in [0.29, 0.717) is 0 Å². The normalized spacial score (nSPS) is 10.9. The number of anilines is 1. The van der Waals surface area contributed by atoms with Gasteiger partial charge in [0.1, 0.15) is 5.82 Å². The molecule has 1 heterocycles. The number of benzene rings is 3. The number of thioether (sulfide) groups is 1. The Morgan fingerprint density at radius 2 is 1.78 bits per heavy atom. The predicted molar refractivity (Wildman–Crippen MR) is 103 cm³/mol. The first-order valence-corrected chi connectivity index (χ1v) is 9.18. The lowest BCUT2D eigenvalue weighted by Gasteiger charge is -2.07. The number of hydrogen-bond acceptors (Lipinski definition) is 5. The Bertz CT molecular complexity index is 1110. The number of rotatable bonds is 5. The first-order chi connectivity index (χ1) is 13.2. The van der Waals surface area contributed by atoms with Crippen molar-refractivity contribution in [1.82, 2.24) is 10.2 Å². The van der Waals surface area contributed by atoms with Crippen molar-refractivity contribution in [2.75, 3.05) is 11.1 Å². The molecule has 4 aromatic rings. The van der Waals surface area contributed by atoms with Gasteiger partial charge < -0.3 is 9.73 Å². The van der Waals surface area contributed by atoms with Gasteiger partial charge in [0.15, 0.2) is 0 Å². The van der Waals surface area contributed by atoms with E-state index in [-0.39, 0.29) is 28.3 Å². The van der Waals surface area contributed by atoms with Crippen LogP contribution in [0.3, 0.4) is 0 Å². The molecule has 5 nitrogen and oxygen atoms in total. The number of amides is 1. The molecule has 0 radical (unpaired) electrons. The maximum atomic E-state index is 13.8. The summed E-state index contributed by atoms with van der Waals surface area (Å²) in [6.45, 7) is 0. The van der Waals surface area contributed by atoms with Gasteiger partial charge in [-0.2, -0.15) is 0 Å². The molecular weight excluding hydrogens is 365 g/mol. The van der Waals surface area contributed by atoms with E-state index in [1.807, 2.05) is 42.5 Å². The van der Waals surface area contributed by atoms with Crippen molar-refractivity contribution in [3.8, 4) is 11.5 Å². The molecule has 0 saturated carbocycles. The van der Waals surface area contributed by atoms with Crippen LogP contribution in [0, 0.1) is 5.82 Å². The van der Waals surface area contributed by atoms with Gasteiger partial charge in [0, 0.05) is 11.1 Å². The number of carbonyl (C=O) groups excluding carboxylic acids is 1. The Hall–Kier alpha value is -3.19. The summed E-state index contributed by atoms with van der Waals surface area (Å²) in [4.78, 5) is 12.3. The van der Waals surface area contributed by atoms with Gasteiger partial charge in [-0.1, -0.05) is 60.3 Å². The van der Waals surface area contributed by atoms with Crippen LogP contribution < -0.4 is 5.32 Å². The standard InChI is InChI=1S/C20H14FN3O2S/c21-16-10-4-3-9-15(16)19-23-24-20(26-19)27-12-18(25)22-17-11-5-7-13-6-1-2-8-14(13)17/h1-11H,12H2,(H,22,25). The molecule has 0 aliphatic rings. The molecule has 1 amide bonds. The van der Waals surface area contributed by atoms with Crippen LogP contribution >= 0.6 is 11.8 Å². The monoisotopic (exact) mass is 379 g/mol. The minimum atomic E-state index is -0.439. The molecule has 0 spiro atoms. The Morgan fingerprint density at radius 3 is 2.67 bits per heavy atom. The quantitative estimate of drug-likeness (QED) is 0.506. The van der Waals surface area contributed by atoms with E-state index in [1.165, 1.54) is 6.07 Å². The SMILES string of the molecule is O=C(CSc1nnc(-c2ccccc2F)o1)Nc1cccc2ccccc12. The molecule has 0 bridgehead atoms. The van der Waals surface area contributed by atoms with E-state index in [4.69, 9.17) is 4.42 Å². The van der Waals surface area contributed by atoms with Crippen LogP contribution in [-0.2, 0) is 4.79 Å². The Labute approximate surface area is 158 Å². The zero-order valence-corrected chi connectivity index (χ0v) is 14.9. The lowest BCUT2D eigenvalue weighted by atomic mass is 10.1. The smallest absolute Gasteiger partial charge is 0.277 e. The van der Waals surface area contributed by atoms with Crippen LogP contribution in [0.1, 0.15) is 0 Å². The topological polar surface area (TPSA) is 68.0 Å². The molecule has 0 aliphatic heterocycles. The van der Waals surface area contributed by atoms with Gasteiger partial charge in [-0.3, -0.25) is 4.79 Å². The molecule has 27 heavy (non-hydrogen) atoms. The van der Waals surface area contributed by atoms with Crippen molar-refractivity contribution in [3.05, 3.63) is 72.5 Å². The zero-order chi connectivity index (χ0) is 18.6. The predicted octanol–water partition coefficient (Wildman–Crippen LogP) is 4.76. The van der Waals surface area contributed by atoms with Crippen LogP contribution in [0.2, 0.25) is 0 Å². The van der Waals surface area contributed by atoms with E-state index >= 15 is 0 Å². The molecule has 4 rings (SSSR count). The summed E-state index contributed by atoms with van der Waals surface area (Å²) in [5.74, 6) is -0.444. The molecule has 3 aromatic carbocycles. The Balaban J connectivity index is 1.42. The third-order valence-corrected chi connectivity index (χ3v) is 4.72. The Morgan fingerprint density at radius 1 is 1.00 bits per heavy atom. The fourth-order valence-electron chi connectivity index (χ4n) is 2.66. The molecule has 0 saturated heterocycles. The van der Waals surface area contributed by atoms with E-state index in [1.54, 1.807) is 18.2 Å². The second-order valence-corrected chi connectivity index (χ2v) is 6.64. The first kappa shape index (κ1) is 17.2. The summed E-state index contributed by atoms with van der Waals surface area (Å²) in [7, 11) is 0. The number of carbonyl (C=O) groups is 1. The van der Waals surface area contributed by atoms with Gasteiger partial charge in [-0.05, 0) is 23.6 Å². The number of nitrogens with one attached hydrogen (secondary N) is 1. The lowest BCUT2D eigenvalue weighted by Crippen LogP contribution is -2.14. The van der Waals surface area contributed by atoms with Crippen LogP contribution in [0.5, 0.6) is 0 Å². The second-order valence-electron chi connectivity index (χ2n) is 5.72. The highest BCUT2D eigenvalue weighted by Gasteiger charge is 2.14. The minimum absolute atomic E-state index is 0.0880. The number of fused-ring (bicyclic) bond motifs is 1. The van der Waals surface area contributed by atoms with Crippen molar-refractivity contribution in [2.24, 2.45) is 0 Å². The second kappa shape index (κ2) is 7.59. The van der Waals surface area contributed by atoms with Gasteiger partial charge in [0.2, 0.25) is 5.91 Å². The van der Waals surface area contributed by atoms with Crippen LogP contribution in [0.25, 0.3) is 22.2 Å². The third kappa shape index (κ3) is 3.83. The third-order valence-electron chi connectivity index (χ3n) is 3.90. The van der Waals surface area contributed by atoms with Crippen molar-refractivity contribution in [2.45, 2.75) is 5.22 Å². The van der Waals surface area contributed by atoms with Crippen molar-refractivity contribution < 1.29 is 13.6 Å². The minimum Gasteiger partial charge on any atom is -0.411 e. The summed E-state index contributed by atoms with van der Waals surface area (Å²) in [6.07, 6.45) is 0. The summed E-state index contributed by atoms with van der Waals surface area (Å²) < 4.78 is 19.2. The van der Waals surface area contributed by atoms with Gasteiger partial charge in [-0.15, -0.1) is 10.2 Å². The van der Waals surface area contributed by atoms with Gasteiger partial charge in [0.25, 0.3) is 11.1 Å². The average Bonchev–Trinajstić information content (AvgIpc) is 3.16. The molecule has 1 N–H and O–H groups in total. The average molecular weight is 379 g/mol. The van der Waals surface area contributed by atoms with E-state index in [2.05, 4.69) is 15.5 Å². The maximum absolute atomic E-state index is 13.8. The van der Waals surface area contributed by atoms with Crippen LogP contribution in [-0.4, -0.2) is 21.9 Å². The van der Waals surface area contributed by atoms with E-state index in [0.717, 1.165) is 28.2 Å².